The zero-order valence-corrected chi connectivity index (χ0v) is 15.0. The molecule has 22 heavy (non-hydrogen) atoms. The van der Waals surface area contributed by atoms with Crippen LogP contribution in [0.25, 0.3) is 10.2 Å². The van der Waals surface area contributed by atoms with Crippen LogP contribution in [0.5, 0.6) is 0 Å². The third kappa shape index (κ3) is 3.13. The summed E-state index contributed by atoms with van der Waals surface area (Å²) in [6.45, 7) is 7.93. The number of carbonyl (C=O) groups is 1. The number of amides is 1. The lowest BCUT2D eigenvalue weighted by atomic mass is 10.1. The summed E-state index contributed by atoms with van der Waals surface area (Å²) in [6.07, 6.45) is 5.10. The lowest BCUT2D eigenvalue weighted by molar-refractivity contribution is -0.121. The van der Waals surface area contributed by atoms with E-state index in [0.717, 1.165) is 22.7 Å². The van der Waals surface area contributed by atoms with E-state index in [2.05, 4.69) is 15.3 Å². The highest BCUT2D eigenvalue weighted by molar-refractivity contribution is 8.00. The van der Waals surface area contributed by atoms with Crippen molar-refractivity contribution in [2.24, 2.45) is 0 Å². The third-order valence-electron chi connectivity index (χ3n) is 3.62. The highest BCUT2D eigenvalue weighted by Crippen LogP contribution is 2.40. The van der Waals surface area contributed by atoms with Gasteiger partial charge in [-0.25, -0.2) is 9.97 Å². The molecular formula is C16H21N3OS2. The van der Waals surface area contributed by atoms with E-state index in [1.54, 1.807) is 17.7 Å². The van der Waals surface area contributed by atoms with Crippen molar-refractivity contribution >= 4 is 39.2 Å². The maximum atomic E-state index is 12.3. The van der Waals surface area contributed by atoms with Gasteiger partial charge in [0.15, 0.2) is 0 Å². The summed E-state index contributed by atoms with van der Waals surface area (Å²) >= 11 is 3.32. The Kier molecular flexibility index (Phi) is 4.16. The number of aryl methyl sites for hydroxylation is 2. The maximum absolute atomic E-state index is 12.3. The molecule has 0 bridgehead atoms. The second-order valence-corrected chi connectivity index (χ2v) is 9.13. The molecule has 1 aliphatic rings. The van der Waals surface area contributed by atoms with E-state index < -0.39 is 0 Å². The van der Waals surface area contributed by atoms with Crippen molar-refractivity contribution in [3.05, 3.63) is 16.8 Å². The smallest absolute Gasteiger partial charge is 0.233 e. The summed E-state index contributed by atoms with van der Waals surface area (Å²) in [5.74, 6) is 0.0520. The van der Waals surface area contributed by atoms with Crippen molar-refractivity contribution in [3.8, 4) is 0 Å². The Morgan fingerprint density at radius 1 is 1.36 bits per heavy atom. The molecule has 1 atom stereocenters. The van der Waals surface area contributed by atoms with Crippen LogP contribution >= 0.6 is 23.1 Å². The summed E-state index contributed by atoms with van der Waals surface area (Å²) < 4.78 is 0. The number of hydrogen-bond donors (Lipinski definition) is 1. The molecule has 1 N–H and O–H groups in total. The first-order valence-corrected chi connectivity index (χ1v) is 9.29. The fourth-order valence-electron chi connectivity index (χ4n) is 2.68. The van der Waals surface area contributed by atoms with Crippen molar-refractivity contribution in [3.63, 3.8) is 0 Å². The zero-order chi connectivity index (χ0) is 15.9. The number of nitrogens with one attached hydrogen (secondary N) is 1. The van der Waals surface area contributed by atoms with Crippen molar-refractivity contribution in [2.45, 2.75) is 62.8 Å². The highest BCUT2D eigenvalue weighted by atomic mass is 32.2. The fourth-order valence-corrected chi connectivity index (χ4v) is 4.92. The first-order chi connectivity index (χ1) is 10.3. The number of nitrogens with zero attached hydrogens (tertiary/aromatic N) is 2. The molecule has 0 saturated carbocycles. The average Bonchev–Trinajstić information content (AvgIpc) is 2.96. The first kappa shape index (κ1) is 15.7. The molecular weight excluding hydrogens is 314 g/mol. The Hall–Kier alpha value is -1.14. The first-order valence-electron chi connectivity index (χ1n) is 7.59. The number of carbonyl (C=O) groups excluding carboxylic acids is 1. The largest absolute Gasteiger partial charge is 0.351 e. The van der Waals surface area contributed by atoms with E-state index in [1.165, 1.54) is 34.0 Å². The van der Waals surface area contributed by atoms with Crippen LogP contribution in [0.1, 0.15) is 44.6 Å². The van der Waals surface area contributed by atoms with Gasteiger partial charge in [-0.2, -0.15) is 0 Å². The van der Waals surface area contributed by atoms with E-state index in [1.807, 2.05) is 27.7 Å². The van der Waals surface area contributed by atoms with Gasteiger partial charge in [-0.3, -0.25) is 4.79 Å². The molecule has 0 aromatic carbocycles. The van der Waals surface area contributed by atoms with Gasteiger partial charge in [-0.15, -0.1) is 11.3 Å². The van der Waals surface area contributed by atoms with Crippen LogP contribution < -0.4 is 5.32 Å². The van der Waals surface area contributed by atoms with Gasteiger partial charge >= 0.3 is 0 Å². The van der Waals surface area contributed by atoms with E-state index in [4.69, 9.17) is 0 Å². The average molecular weight is 335 g/mol. The van der Waals surface area contributed by atoms with Crippen LogP contribution in [0.2, 0.25) is 0 Å². The standard InChI is InChI=1S/C16H21N3OS2/c1-9(13(20)19-16(2,3)4)21-14-12-10-6-5-7-11(10)22-15(12)18-8-17-14/h8-9H,5-7H2,1-4H3,(H,19,20)/t9-/m1/s1. The van der Waals surface area contributed by atoms with Crippen LogP contribution in [0.15, 0.2) is 11.4 Å². The second kappa shape index (κ2) is 5.81. The predicted molar refractivity (Wildman–Crippen MR) is 92.7 cm³/mol. The van der Waals surface area contributed by atoms with Crippen molar-refractivity contribution in [1.82, 2.24) is 15.3 Å². The molecule has 4 nitrogen and oxygen atoms in total. The van der Waals surface area contributed by atoms with E-state index in [0.29, 0.717) is 0 Å². The molecule has 0 radical (unpaired) electrons. The SMILES string of the molecule is C[C@@H](Sc1ncnc2sc3c(c12)CCC3)C(=O)NC(C)(C)C. The van der Waals surface area contributed by atoms with E-state index in [-0.39, 0.29) is 16.7 Å². The van der Waals surface area contributed by atoms with Gasteiger partial charge in [-0.05, 0) is 52.5 Å². The Morgan fingerprint density at radius 3 is 2.86 bits per heavy atom. The Bertz CT molecular complexity index is 718. The van der Waals surface area contributed by atoms with Crippen LogP contribution in [0.3, 0.4) is 0 Å². The molecule has 2 aromatic heterocycles. The fraction of sp³-hybridized carbons (Fsp3) is 0.562. The summed E-state index contributed by atoms with van der Waals surface area (Å²) in [6, 6.07) is 0. The van der Waals surface area contributed by atoms with E-state index in [9.17, 15) is 4.79 Å². The van der Waals surface area contributed by atoms with Crippen LogP contribution in [-0.2, 0) is 17.6 Å². The minimum absolute atomic E-state index is 0.0520. The molecule has 6 heteroatoms. The summed E-state index contributed by atoms with van der Waals surface area (Å²) in [5.41, 5.74) is 1.20. The third-order valence-corrected chi connectivity index (χ3v) is 5.92. The minimum atomic E-state index is -0.212. The molecule has 0 spiro atoms. The summed E-state index contributed by atoms with van der Waals surface area (Å²) in [5, 5.41) is 4.99. The minimum Gasteiger partial charge on any atom is -0.351 e. The number of thioether (sulfide) groups is 1. The summed E-state index contributed by atoms with van der Waals surface area (Å²) in [7, 11) is 0. The lowest BCUT2D eigenvalue weighted by Gasteiger charge is -2.23. The van der Waals surface area contributed by atoms with Gasteiger partial charge in [0.05, 0.1) is 5.25 Å². The van der Waals surface area contributed by atoms with Crippen LogP contribution in [0.4, 0.5) is 0 Å². The van der Waals surface area contributed by atoms with E-state index >= 15 is 0 Å². The van der Waals surface area contributed by atoms with Gasteiger partial charge in [0.2, 0.25) is 5.91 Å². The second-order valence-electron chi connectivity index (χ2n) is 6.72. The molecule has 0 aliphatic heterocycles. The number of fused-ring (bicyclic) bond motifs is 3. The number of aromatic nitrogens is 2. The Labute approximate surface area is 139 Å². The predicted octanol–water partition coefficient (Wildman–Crippen LogP) is 3.58. The quantitative estimate of drug-likeness (QED) is 0.688. The number of hydrogen-bond acceptors (Lipinski definition) is 5. The summed E-state index contributed by atoms with van der Waals surface area (Å²) in [4.78, 5) is 23.7. The molecule has 0 fully saturated rings. The molecule has 1 aliphatic carbocycles. The molecule has 0 unspecified atom stereocenters. The molecule has 2 heterocycles. The number of rotatable bonds is 3. The molecule has 3 rings (SSSR count). The van der Waals surface area contributed by atoms with Crippen LogP contribution in [0, 0.1) is 0 Å². The Balaban J connectivity index is 1.86. The molecule has 1 amide bonds. The monoisotopic (exact) mass is 335 g/mol. The Morgan fingerprint density at radius 2 is 2.14 bits per heavy atom. The van der Waals surface area contributed by atoms with Gasteiger partial charge in [0.1, 0.15) is 16.2 Å². The van der Waals surface area contributed by atoms with Crippen molar-refractivity contribution in [1.29, 1.82) is 0 Å². The van der Waals surface area contributed by atoms with Crippen LogP contribution in [-0.4, -0.2) is 26.7 Å². The zero-order valence-electron chi connectivity index (χ0n) is 13.4. The number of thiophene rings is 1. The molecule has 2 aromatic rings. The molecule has 0 saturated heterocycles. The maximum Gasteiger partial charge on any atom is 0.233 e. The lowest BCUT2D eigenvalue weighted by Crippen LogP contribution is -2.44. The van der Waals surface area contributed by atoms with Gasteiger partial charge in [0, 0.05) is 15.8 Å². The molecule has 118 valence electrons. The van der Waals surface area contributed by atoms with Crippen molar-refractivity contribution < 1.29 is 4.79 Å². The topological polar surface area (TPSA) is 54.9 Å². The van der Waals surface area contributed by atoms with Gasteiger partial charge in [-0.1, -0.05) is 11.8 Å². The van der Waals surface area contributed by atoms with Gasteiger partial charge < -0.3 is 5.32 Å². The highest BCUT2D eigenvalue weighted by Gasteiger charge is 2.25. The van der Waals surface area contributed by atoms with Gasteiger partial charge in [0.25, 0.3) is 0 Å². The van der Waals surface area contributed by atoms with Crippen molar-refractivity contribution in [2.75, 3.05) is 0 Å². The normalized spacial score (nSPS) is 15.8.